The molecule has 0 spiro atoms. The fourth-order valence-electron chi connectivity index (χ4n) is 3.11. The molecule has 0 bridgehead atoms. The van der Waals surface area contributed by atoms with Gasteiger partial charge >= 0.3 is 0 Å². The van der Waals surface area contributed by atoms with Gasteiger partial charge < -0.3 is 14.3 Å². The van der Waals surface area contributed by atoms with Gasteiger partial charge in [-0.3, -0.25) is 0 Å². The normalized spacial score (nSPS) is 10.9. The summed E-state index contributed by atoms with van der Waals surface area (Å²) in [5, 5.41) is 27.8. The number of phenols is 1. The Bertz CT molecular complexity index is 1380. The lowest BCUT2D eigenvalue weighted by molar-refractivity contribution is 0.407. The summed E-state index contributed by atoms with van der Waals surface area (Å²) in [4.78, 5) is 0. The molecule has 32 heavy (non-hydrogen) atoms. The van der Waals surface area contributed by atoms with Crippen molar-refractivity contribution in [3.8, 4) is 55.5 Å². The highest BCUT2D eigenvalue weighted by molar-refractivity contribution is 7.17. The van der Waals surface area contributed by atoms with Crippen LogP contribution in [-0.2, 0) is 0 Å². The molecule has 9 heteroatoms. The van der Waals surface area contributed by atoms with Gasteiger partial charge in [-0.05, 0) is 48.5 Å². The van der Waals surface area contributed by atoms with Gasteiger partial charge in [-0.1, -0.05) is 23.5 Å². The highest BCUT2D eigenvalue weighted by atomic mass is 32.1. The van der Waals surface area contributed by atoms with Gasteiger partial charge in [-0.15, -0.1) is 20.4 Å². The van der Waals surface area contributed by atoms with E-state index >= 15 is 0 Å². The van der Waals surface area contributed by atoms with E-state index in [1.54, 1.807) is 18.2 Å². The average molecular weight is 446 g/mol. The van der Waals surface area contributed by atoms with Gasteiger partial charge in [0.2, 0.25) is 5.89 Å². The molecular formula is C23H15FN4O3S. The number of phenolic OH excluding ortho intramolecular Hbond substituents is 1. The van der Waals surface area contributed by atoms with Crippen LogP contribution in [0.2, 0.25) is 0 Å². The summed E-state index contributed by atoms with van der Waals surface area (Å²) in [7, 11) is 1.50. The number of nitrogens with zero attached hydrogens (tertiary/aromatic N) is 4. The Balaban J connectivity index is 1.39. The monoisotopic (exact) mass is 446 g/mol. The molecule has 1 N–H and O–H groups in total. The first-order chi connectivity index (χ1) is 15.6. The van der Waals surface area contributed by atoms with Crippen LogP contribution in [0.3, 0.4) is 0 Å². The van der Waals surface area contributed by atoms with E-state index in [-0.39, 0.29) is 17.5 Å². The molecule has 0 aliphatic heterocycles. The molecule has 0 saturated heterocycles. The van der Waals surface area contributed by atoms with Crippen molar-refractivity contribution in [3.05, 3.63) is 72.5 Å². The van der Waals surface area contributed by atoms with Crippen LogP contribution in [-0.4, -0.2) is 32.6 Å². The summed E-state index contributed by atoms with van der Waals surface area (Å²) in [6.45, 7) is 0. The smallest absolute Gasteiger partial charge is 0.251 e. The van der Waals surface area contributed by atoms with Crippen molar-refractivity contribution in [2.45, 2.75) is 0 Å². The Kier molecular flexibility index (Phi) is 5.08. The van der Waals surface area contributed by atoms with Crippen molar-refractivity contribution in [2.24, 2.45) is 0 Å². The van der Waals surface area contributed by atoms with Gasteiger partial charge in [0.05, 0.1) is 12.7 Å². The third-order valence-electron chi connectivity index (χ3n) is 4.74. The molecule has 0 aliphatic rings. The summed E-state index contributed by atoms with van der Waals surface area (Å²) in [6.07, 6.45) is 0. The van der Waals surface area contributed by atoms with Crippen molar-refractivity contribution in [3.63, 3.8) is 0 Å². The fourth-order valence-corrected chi connectivity index (χ4v) is 3.96. The zero-order chi connectivity index (χ0) is 22.1. The zero-order valence-corrected chi connectivity index (χ0v) is 17.5. The second kappa shape index (κ2) is 8.20. The van der Waals surface area contributed by atoms with Crippen molar-refractivity contribution in [1.29, 1.82) is 0 Å². The Labute approximate surface area is 185 Å². The number of methoxy groups -OCH3 is 1. The van der Waals surface area contributed by atoms with Gasteiger partial charge in [-0.25, -0.2) is 4.39 Å². The number of hydrogen-bond acceptors (Lipinski definition) is 8. The summed E-state index contributed by atoms with van der Waals surface area (Å²) in [5.74, 6) is 0.867. The van der Waals surface area contributed by atoms with Gasteiger partial charge in [0, 0.05) is 22.8 Å². The minimum absolute atomic E-state index is 0.0835. The highest BCUT2D eigenvalue weighted by Gasteiger charge is 2.16. The number of aromatic nitrogens is 4. The maximum atomic E-state index is 13.1. The molecule has 158 valence electrons. The molecular weight excluding hydrogens is 431 g/mol. The van der Waals surface area contributed by atoms with Crippen LogP contribution in [0.15, 0.2) is 71.1 Å². The summed E-state index contributed by atoms with van der Waals surface area (Å²) < 4.78 is 24.2. The minimum atomic E-state index is -0.290. The van der Waals surface area contributed by atoms with Crippen LogP contribution in [0.5, 0.6) is 11.5 Å². The van der Waals surface area contributed by atoms with Crippen LogP contribution in [0.4, 0.5) is 4.39 Å². The maximum Gasteiger partial charge on any atom is 0.251 e. The molecule has 0 amide bonds. The van der Waals surface area contributed by atoms with Crippen molar-refractivity contribution in [1.82, 2.24) is 20.4 Å². The van der Waals surface area contributed by atoms with Crippen LogP contribution in [0, 0.1) is 5.82 Å². The molecule has 7 nitrogen and oxygen atoms in total. The summed E-state index contributed by atoms with van der Waals surface area (Å²) in [6, 6.07) is 18.3. The summed E-state index contributed by atoms with van der Waals surface area (Å²) in [5.41, 5.74) is 3.03. The average Bonchev–Trinajstić information content (AvgIpc) is 3.50. The number of benzene rings is 3. The number of ether oxygens (including phenoxy) is 1. The SMILES string of the molecule is COc1cc(O)ccc1-c1nnc(-c2ccc(-c3nnc(-c4ccc(F)cc4)s3)cc2)o1. The Hall–Kier alpha value is -4.11. The summed E-state index contributed by atoms with van der Waals surface area (Å²) >= 11 is 1.42. The number of aromatic hydroxyl groups is 1. The zero-order valence-electron chi connectivity index (χ0n) is 16.7. The second-order valence-electron chi connectivity index (χ2n) is 6.79. The Morgan fingerprint density at radius 1 is 0.781 bits per heavy atom. The molecule has 2 aromatic heterocycles. The van der Waals surface area contributed by atoms with E-state index < -0.39 is 0 Å². The Morgan fingerprint density at radius 2 is 1.38 bits per heavy atom. The van der Waals surface area contributed by atoms with Gasteiger partial charge in [0.1, 0.15) is 27.3 Å². The van der Waals surface area contributed by atoms with E-state index in [0.717, 1.165) is 21.7 Å². The van der Waals surface area contributed by atoms with E-state index in [9.17, 15) is 9.50 Å². The fraction of sp³-hybridized carbons (Fsp3) is 0.0435. The standard InChI is InChI=1S/C23H15FN4O3S/c1-30-19-12-17(29)10-11-18(19)21-26-25-20(31-21)13-2-4-14(5-3-13)22-27-28-23(32-22)15-6-8-16(24)9-7-15/h2-12,29H,1H3. The van der Waals surface area contributed by atoms with Crippen LogP contribution in [0.1, 0.15) is 0 Å². The first kappa shape index (κ1) is 19.8. The predicted molar refractivity (Wildman–Crippen MR) is 118 cm³/mol. The Morgan fingerprint density at radius 3 is 2.03 bits per heavy atom. The third kappa shape index (κ3) is 3.81. The van der Waals surface area contributed by atoms with Crippen LogP contribution in [0.25, 0.3) is 44.1 Å². The van der Waals surface area contributed by atoms with Crippen molar-refractivity contribution >= 4 is 11.3 Å². The van der Waals surface area contributed by atoms with Gasteiger partial charge in [0.25, 0.3) is 5.89 Å². The molecule has 0 unspecified atom stereocenters. The van der Waals surface area contributed by atoms with Crippen LogP contribution >= 0.6 is 11.3 Å². The van der Waals surface area contributed by atoms with E-state index in [2.05, 4.69) is 20.4 Å². The second-order valence-corrected chi connectivity index (χ2v) is 7.77. The van der Waals surface area contributed by atoms with Gasteiger partial charge in [0.15, 0.2) is 0 Å². The molecule has 0 fully saturated rings. The van der Waals surface area contributed by atoms with Crippen molar-refractivity contribution in [2.75, 3.05) is 7.11 Å². The minimum Gasteiger partial charge on any atom is -0.508 e. The molecule has 5 aromatic rings. The maximum absolute atomic E-state index is 13.1. The third-order valence-corrected chi connectivity index (χ3v) is 5.76. The van der Waals surface area contributed by atoms with Gasteiger partial charge in [-0.2, -0.15) is 0 Å². The number of halogens is 1. The number of hydrogen-bond donors (Lipinski definition) is 1. The van der Waals surface area contributed by atoms with E-state index in [4.69, 9.17) is 9.15 Å². The van der Waals surface area contributed by atoms with Crippen LogP contribution < -0.4 is 4.74 Å². The van der Waals surface area contributed by atoms with E-state index in [0.29, 0.717) is 22.2 Å². The molecule has 3 aromatic carbocycles. The lowest BCUT2D eigenvalue weighted by Crippen LogP contribution is -1.87. The molecule has 0 atom stereocenters. The molecule has 0 aliphatic carbocycles. The largest absolute Gasteiger partial charge is 0.508 e. The quantitative estimate of drug-likeness (QED) is 0.384. The number of rotatable bonds is 5. The highest BCUT2D eigenvalue weighted by Crippen LogP contribution is 2.34. The lowest BCUT2D eigenvalue weighted by Gasteiger charge is -2.04. The molecule has 5 rings (SSSR count). The molecule has 0 saturated carbocycles. The topological polar surface area (TPSA) is 94.2 Å². The first-order valence-electron chi connectivity index (χ1n) is 9.52. The van der Waals surface area contributed by atoms with Crippen molar-refractivity contribution < 1.29 is 18.7 Å². The first-order valence-corrected chi connectivity index (χ1v) is 10.3. The molecule has 0 radical (unpaired) electrons. The molecule has 2 heterocycles. The van der Waals surface area contributed by atoms with E-state index in [1.165, 1.54) is 42.7 Å². The lowest BCUT2D eigenvalue weighted by atomic mass is 10.1. The predicted octanol–water partition coefficient (Wildman–Crippen LogP) is 5.44. The van der Waals surface area contributed by atoms with E-state index in [1.807, 2.05) is 24.3 Å².